The van der Waals surface area contributed by atoms with Gasteiger partial charge in [0, 0.05) is 18.4 Å². The normalized spacial score (nSPS) is 13.3. The standard InChI is InChI=1S/C31H52N2/c1-3-5-6-7-8-9-10-11-12-13-14-15-16-20-24-31(33-26-25-32-28-33)30(21-4-2)27-29-22-18-17-19-23-29/h17-19,22-23,25-26,28,30-31H,3-16,20-21,24,27H2,1-2H3. The van der Waals surface area contributed by atoms with Gasteiger partial charge in [-0.25, -0.2) is 4.98 Å². The zero-order valence-corrected chi connectivity index (χ0v) is 21.9. The third-order valence-corrected chi connectivity index (χ3v) is 7.31. The van der Waals surface area contributed by atoms with Crippen LogP contribution in [0.4, 0.5) is 0 Å². The Morgan fingerprint density at radius 3 is 1.76 bits per heavy atom. The first-order valence-corrected chi connectivity index (χ1v) is 14.4. The van der Waals surface area contributed by atoms with Crippen LogP contribution in [0.3, 0.4) is 0 Å². The molecule has 0 aliphatic rings. The van der Waals surface area contributed by atoms with Crippen LogP contribution in [0.2, 0.25) is 0 Å². The lowest BCUT2D eigenvalue weighted by Gasteiger charge is -2.28. The molecule has 2 nitrogen and oxygen atoms in total. The van der Waals surface area contributed by atoms with Crippen molar-refractivity contribution in [1.82, 2.24) is 9.55 Å². The van der Waals surface area contributed by atoms with Gasteiger partial charge in [0.05, 0.1) is 6.33 Å². The molecule has 0 saturated heterocycles. The first kappa shape index (κ1) is 27.7. The highest BCUT2D eigenvalue weighted by Crippen LogP contribution is 2.31. The summed E-state index contributed by atoms with van der Waals surface area (Å²) in [6.45, 7) is 4.63. The van der Waals surface area contributed by atoms with Crippen LogP contribution in [0, 0.1) is 5.92 Å². The lowest BCUT2D eigenvalue weighted by Crippen LogP contribution is -2.21. The molecule has 2 aromatic rings. The summed E-state index contributed by atoms with van der Waals surface area (Å²) in [7, 11) is 0. The van der Waals surface area contributed by atoms with Crippen LogP contribution < -0.4 is 0 Å². The second-order valence-corrected chi connectivity index (χ2v) is 10.2. The molecule has 0 fully saturated rings. The number of hydrogen-bond donors (Lipinski definition) is 0. The minimum absolute atomic E-state index is 0.574. The van der Waals surface area contributed by atoms with Crippen LogP contribution in [-0.4, -0.2) is 9.55 Å². The van der Waals surface area contributed by atoms with Crippen molar-refractivity contribution in [3.8, 4) is 0 Å². The maximum absolute atomic E-state index is 4.37. The molecule has 2 unspecified atom stereocenters. The minimum Gasteiger partial charge on any atom is -0.334 e. The van der Waals surface area contributed by atoms with Gasteiger partial charge in [0.15, 0.2) is 0 Å². The molecule has 0 spiro atoms. The quantitative estimate of drug-likeness (QED) is 0.172. The molecule has 0 saturated carbocycles. The molecular weight excluding hydrogens is 400 g/mol. The summed E-state index contributed by atoms with van der Waals surface area (Å²) in [5, 5.41) is 0. The Bertz CT molecular complexity index is 649. The van der Waals surface area contributed by atoms with Crippen LogP contribution in [-0.2, 0) is 6.42 Å². The molecule has 0 radical (unpaired) electrons. The van der Waals surface area contributed by atoms with E-state index in [4.69, 9.17) is 0 Å². The molecule has 0 N–H and O–H groups in total. The Hall–Kier alpha value is -1.57. The molecule has 1 aromatic heterocycles. The molecule has 33 heavy (non-hydrogen) atoms. The number of benzene rings is 1. The minimum atomic E-state index is 0.574. The molecule has 2 rings (SSSR count). The summed E-state index contributed by atoms with van der Waals surface area (Å²) >= 11 is 0. The van der Waals surface area contributed by atoms with Crippen LogP contribution in [0.25, 0.3) is 0 Å². The highest BCUT2D eigenvalue weighted by Gasteiger charge is 2.22. The van der Waals surface area contributed by atoms with E-state index in [9.17, 15) is 0 Å². The fraction of sp³-hybridized carbons (Fsp3) is 0.710. The Morgan fingerprint density at radius 2 is 1.24 bits per heavy atom. The van der Waals surface area contributed by atoms with E-state index in [1.54, 1.807) is 0 Å². The highest BCUT2D eigenvalue weighted by molar-refractivity contribution is 5.15. The van der Waals surface area contributed by atoms with Crippen molar-refractivity contribution in [2.75, 3.05) is 0 Å². The van der Waals surface area contributed by atoms with Crippen molar-refractivity contribution in [1.29, 1.82) is 0 Å². The summed E-state index contributed by atoms with van der Waals surface area (Å²) in [4.78, 5) is 4.37. The average Bonchev–Trinajstić information content (AvgIpc) is 3.37. The van der Waals surface area contributed by atoms with Crippen molar-refractivity contribution >= 4 is 0 Å². The molecule has 0 aliphatic carbocycles. The van der Waals surface area contributed by atoms with Crippen molar-refractivity contribution in [3.63, 3.8) is 0 Å². The molecular formula is C31H52N2. The van der Waals surface area contributed by atoms with Gasteiger partial charge < -0.3 is 4.57 Å². The predicted octanol–water partition coefficient (Wildman–Crippen LogP) is 9.95. The summed E-state index contributed by atoms with van der Waals surface area (Å²) in [5.41, 5.74) is 1.47. The number of imidazole rings is 1. The van der Waals surface area contributed by atoms with E-state index < -0.39 is 0 Å². The zero-order chi connectivity index (χ0) is 23.4. The number of nitrogens with zero attached hydrogens (tertiary/aromatic N) is 2. The van der Waals surface area contributed by atoms with Crippen LogP contribution >= 0.6 is 0 Å². The first-order chi connectivity index (χ1) is 16.3. The van der Waals surface area contributed by atoms with Gasteiger partial charge in [-0.1, -0.05) is 140 Å². The Labute approximate surface area is 205 Å². The predicted molar refractivity (Wildman–Crippen MR) is 145 cm³/mol. The summed E-state index contributed by atoms with van der Waals surface area (Å²) in [5.74, 6) is 0.688. The van der Waals surface area contributed by atoms with Gasteiger partial charge in [-0.2, -0.15) is 0 Å². The Morgan fingerprint density at radius 1 is 0.667 bits per heavy atom. The Balaban J connectivity index is 1.62. The van der Waals surface area contributed by atoms with Crippen molar-refractivity contribution in [2.45, 2.75) is 135 Å². The smallest absolute Gasteiger partial charge is 0.0948 e. The maximum Gasteiger partial charge on any atom is 0.0948 e. The summed E-state index contributed by atoms with van der Waals surface area (Å²) < 4.78 is 2.39. The van der Waals surface area contributed by atoms with E-state index in [-0.39, 0.29) is 0 Å². The fourth-order valence-corrected chi connectivity index (χ4v) is 5.36. The topological polar surface area (TPSA) is 17.8 Å². The number of unbranched alkanes of at least 4 members (excludes halogenated alkanes) is 13. The average molecular weight is 453 g/mol. The van der Waals surface area contributed by atoms with Gasteiger partial charge in [0.1, 0.15) is 0 Å². The van der Waals surface area contributed by atoms with Gasteiger partial charge in [-0.15, -0.1) is 0 Å². The molecule has 0 bridgehead atoms. The van der Waals surface area contributed by atoms with Crippen molar-refractivity contribution < 1.29 is 0 Å². The molecule has 0 amide bonds. The molecule has 2 heteroatoms. The van der Waals surface area contributed by atoms with Gasteiger partial charge >= 0.3 is 0 Å². The molecule has 0 aliphatic heterocycles. The maximum atomic E-state index is 4.37. The van der Waals surface area contributed by atoms with Crippen LogP contribution in [0.15, 0.2) is 49.1 Å². The first-order valence-electron chi connectivity index (χ1n) is 14.4. The van der Waals surface area contributed by atoms with E-state index in [2.05, 4.69) is 59.9 Å². The number of rotatable bonds is 21. The van der Waals surface area contributed by atoms with Gasteiger partial charge in [-0.05, 0) is 30.7 Å². The van der Waals surface area contributed by atoms with Crippen molar-refractivity contribution in [3.05, 3.63) is 54.6 Å². The zero-order valence-electron chi connectivity index (χ0n) is 21.9. The lowest BCUT2D eigenvalue weighted by atomic mass is 9.85. The van der Waals surface area contributed by atoms with Gasteiger partial charge in [-0.3, -0.25) is 0 Å². The second-order valence-electron chi connectivity index (χ2n) is 10.2. The van der Waals surface area contributed by atoms with E-state index in [0.29, 0.717) is 12.0 Å². The Kier molecular flexibility index (Phi) is 15.8. The largest absolute Gasteiger partial charge is 0.334 e. The van der Waals surface area contributed by atoms with E-state index >= 15 is 0 Å². The SMILES string of the molecule is CCCCCCCCCCCCCCCCC(C(CCC)Cc1ccccc1)n1ccnc1. The summed E-state index contributed by atoms with van der Waals surface area (Å²) in [6.07, 6.45) is 31.1. The van der Waals surface area contributed by atoms with Crippen molar-refractivity contribution in [2.24, 2.45) is 5.92 Å². The summed E-state index contributed by atoms with van der Waals surface area (Å²) in [6, 6.07) is 11.6. The molecule has 1 aromatic carbocycles. The van der Waals surface area contributed by atoms with Crippen LogP contribution in [0.5, 0.6) is 0 Å². The fourth-order valence-electron chi connectivity index (χ4n) is 5.36. The molecule has 186 valence electrons. The third kappa shape index (κ3) is 12.5. The van der Waals surface area contributed by atoms with E-state index in [0.717, 1.165) is 0 Å². The highest BCUT2D eigenvalue weighted by atomic mass is 15.1. The second kappa shape index (κ2) is 18.8. The van der Waals surface area contributed by atoms with E-state index in [1.165, 1.54) is 121 Å². The van der Waals surface area contributed by atoms with Gasteiger partial charge in [0.25, 0.3) is 0 Å². The molecule has 1 heterocycles. The van der Waals surface area contributed by atoms with Crippen LogP contribution in [0.1, 0.15) is 135 Å². The molecule has 2 atom stereocenters. The van der Waals surface area contributed by atoms with Gasteiger partial charge in [0.2, 0.25) is 0 Å². The monoisotopic (exact) mass is 452 g/mol. The third-order valence-electron chi connectivity index (χ3n) is 7.31. The number of hydrogen-bond acceptors (Lipinski definition) is 1. The lowest BCUT2D eigenvalue weighted by molar-refractivity contribution is 0.280. The number of aromatic nitrogens is 2. The van der Waals surface area contributed by atoms with E-state index in [1.807, 2.05) is 12.5 Å².